The zero-order valence-corrected chi connectivity index (χ0v) is 15.7. The van der Waals surface area contributed by atoms with Crippen molar-refractivity contribution in [3.63, 3.8) is 0 Å². The van der Waals surface area contributed by atoms with Crippen molar-refractivity contribution in [3.05, 3.63) is 40.3 Å². The molecular weight excluding hydrogens is 334 g/mol. The molecule has 1 aromatic heterocycles. The second-order valence-electron chi connectivity index (χ2n) is 6.40. The number of benzene rings is 1. The summed E-state index contributed by atoms with van der Waals surface area (Å²) >= 11 is 1.44. The van der Waals surface area contributed by atoms with Gasteiger partial charge in [-0.2, -0.15) is 0 Å². The molecular formula is C20H23NO3S. The lowest BCUT2D eigenvalue weighted by Gasteiger charge is -2.23. The Morgan fingerprint density at radius 2 is 1.92 bits per heavy atom. The lowest BCUT2D eigenvalue weighted by molar-refractivity contribution is -0.122. The van der Waals surface area contributed by atoms with E-state index in [4.69, 9.17) is 4.74 Å². The summed E-state index contributed by atoms with van der Waals surface area (Å²) < 4.78 is 5.00. The van der Waals surface area contributed by atoms with Gasteiger partial charge in [-0.1, -0.05) is 37.6 Å². The summed E-state index contributed by atoms with van der Waals surface area (Å²) in [7, 11) is 1.37. The molecule has 0 radical (unpaired) electrons. The topological polar surface area (TPSA) is 55.4 Å². The van der Waals surface area contributed by atoms with Crippen molar-refractivity contribution in [2.45, 2.75) is 39.5 Å². The Labute approximate surface area is 152 Å². The van der Waals surface area contributed by atoms with E-state index < -0.39 is 5.97 Å². The molecule has 1 aromatic carbocycles. The fourth-order valence-electron chi connectivity index (χ4n) is 3.07. The van der Waals surface area contributed by atoms with Crippen LogP contribution in [0.1, 0.15) is 47.0 Å². The summed E-state index contributed by atoms with van der Waals surface area (Å²) in [5, 5.41) is 3.55. The highest BCUT2D eigenvalue weighted by Gasteiger charge is 2.29. The number of ether oxygens (including phenoxy) is 1. The molecule has 0 saturated heterocycles. The van der Waals surface area contributed by atoms with Crippen LogP contribution >= 0.6 is 11.3 Å². The molecule has 3 rings (SSSR count). The lowest BCUT2D eigenvalue weighted by Crippen LogP contribution is -2.28. The van der Waals surface area contributed by atoms with Crippen molar-refractivity contribution in [1.82, 2.24) is 0 Å². The summed E-state index contributed by atoms with van der Waals surface area (Å²) in [5.41, 5.74) is 3.52. The second kappa shape index (κ2) is 7.40. The molecule has 1 fully saturated rings. The molecule has 1 aliphatic carbocycles. The quantitative estimate of drug-likeness (QED) is 0.781. The minimum absolute atomic E-state index is 0.00512. The van der Waals surface area contributed by atoms with E-state index in [2.05, 4.69) is 24.4 Å². The molecule has 25 heavy (non-hydrogen) atoms. The first kappa shape index (κ1) is 17.7. The van der Waals surface area contributed by atoms with E-state index in [1.54, 1.807) is 0 Å². The van der Waals surface area contributed by atoms with E-state index in [0.29, 0.717) is 10.6 Å². The Morgan fingerprint density at radius 3 is 2.44 bits per heavy atom. The SMILES string of the molecule is CCc1ccc(-c2c(C)sc(NC(=O)C3CCC3)c2C(=O)OC)cc1. The second-order valence-corrected chi connectivity index (χ2v) is 7.62. The van der Waals surface area contributed by atoms with Gasteiger partial charge < -0.3 is 10.1 Å². The van der Waals surface area contributed by atoms with Gasteiger partial charge in [0.25, 0.3) is 0 Å². The van der Waals surface area contributed by atoms with Gasteiger partial charge in [0.15, 0.2) is 0 Å². The van der Waals surface area contributed by atoms with Crippen molar-refractivity contribution >= 4 is 28.2 Å². The maximum absolute atomic E-state index is 12.4. The number of amides is 1. The minimum atomic E-state index is -0.414. The molecule has 2 aromatic rings. The Balaban J connectivity index is 2.01. The number of hydrogen-bond donors (Lipinski definition) is 1. The zero-order chi connectivity index (χ0) is 18.0. The first-order chi connectivity index (χ1) is 12.0. The average Bonchev–Trinajstić information content (AvgIpc) is 2.88. The molecule has 1 amide bonds. The van der Waals surface area contributed by atoms with Crippen LogP contribution in [0.3, 0.4) is 0 Å². The molecule has 1 saturated carbocycles. The standard InChI is InChI=1S/C20H23NO3S/c1-4-13-8-10-14(11-9-13)16-12(2)25-19(17(16)20(23)24-3)21-18(22)15-6-5-7-15/h8-11,15H,4-7H2,1-3H3,(H,21,22). The average molecular weight is 357 g/mol. The molecule has 1 heterocycles. The first-order valence-electron chi connectivity index (χ1n) is 8.67. The predicted octanol–water partition coefficient (Wildman–Crippen LogP) is 4.81. The summed E-state index contributed by atoms with van der Waals surface area (Å²) in [6, 6.07) is 8.19. The third-order valence-corrected chi connectivity index (χ3v) is 5.86. The number of anilines is 1. The molecule has 4 nitrogen and oxygen atoms in total. The van der Waals surface area contributed by atoms with Crippen LogP contribution in [0.5, 0.6) is 0 Å². The van der Waals surface area contributed by atoms with Gasteiger partial charge in [-0.3, -0.25) is 4.79 Å². The maximum Gasteiger partial charge on any atom is 0.341 e. The van der Waals surface area contributed by atoms with Crippen LogP contribution in [0.15, 0.2) is 24.3 Å². The van der Waals surface area contributed by atoms with Crippen LogP contribution < -0.4 is 5.32 Å². The van der Waals surface area contributed by atoms with Crippen LogP contribution in [-0.4, -0.2) is 19.0 Å². The van der Waals surface area contributed by atoms with Gasteiger partial charge in [0.1, 0.15) is 10.6 Å². The molecule has 132 valence electrons. The Bertz CT molecular complexity index is 788. The van der Waals surface area contributed by atoms with Crippen molar-refractivity contribution in [2.75, 3.05) is 12.4 Å². The third kappa shape index (κ3) is 3.47. The first-order valence-corrected chi connectivity index (χ1v) is 9.48. The highest BCUT2D eigenvalue weighted by Crippen LogP contribution is 2.41. The van der Waals surface area contributed by atoms with Crippen molar-refractivity contribution in [3.8, 4) is 11.1 Å². The number of esters is 1. The van der Waals surface area contributed by atoms with E-state index in [9.17, 15) is 9.59 Å². The van der Waals surface area contributed by atoms with Gasteiger partial charge in [-0.05, 0) is 37.3 Å². The van der Waals surface area contributed by atoms with Gasteiger partial charge in [-0.15, -0.1) is 11.3 Å². The smallest absolute Gasteiger partial charge is 0.341 e. The lowest BCUT2D eigenvalue weighted by atomic mass is 9.85. The van der Waals surface area contributed by atoms with Crippen LogP contribution in [0.4, 0.5) is 5.00 Å². The van der Waals surface area contributed by atoms with E-state index >= 15 is 0 Å². The predicted molar refractivity (Wildman–Crippen MR) is 101 cm³/mol. The van der Waals surface area contributed by atoms with Crippen molar-refractivity contribution in [2.24, 2.45) is 5.92 Å². The van der Waals surface area contributed by atoms with Gasteiger partial charge >= 0.3 is 5.97 Å². The summed E-state index contributed by atoms with van der Waals surface area (Å²) in [4.78, 5) is 25.8. The highest BCUT2D eigenvalue weighted by molar-refractivity contribution is 7.17. The maximum atomic E-state index is 12.4. The zero-order valence-electron chi connectivity index (χ0n) is 14.8. The monoisotopic (exact) mass is 357 g/mol. The molecule has 1 aliphatic rings. The minimum Gasteiger partial charge on any atom is -0.465 e. The van der Waals surface area contributed by atoms with E-state index in [0.717, 1.165) is 41.7 Å². The van der Waals surface area contributed by atoms with E-state index in [1.165, 1.54) is 24.0 Å². The Hall–Kier alpha value is -2.14. The van der Waals surface area contributed by atoms with Crippen LogP contribution in [0.25, 0.3) is 11.1 Å². The van der Waals surface area contributed by atoms with E-state index in [1.807, 2.05) is 19.1 Å². The van der Waals surface area contributed by atoms with Gasteiger partial charge in [-0.25, -0.2) is 4.79 Å². The Morgan fingerprint density at radius 1 is 1.24 bits per heavy atom. The van der Waals surface area contributed by atoms with Gasteiger partial charge in [0.2, 0.25) is 5.91 Å². The fraction of sp³-hybridized carbons (Fsp3) is 0.400. The summed E-state index contributed by atoms with van der Waals surface area (Å²) in [5.74, 6) is -0.339. The highest BCUT2D eigenvalue weighted by atomic mass is 32.1. The molecule has 5 heteroatoms. The van der Waals surface area contributed by atoms with Crippen LogP contribution in [-0.2, 0) is 16.0 Å². The number of methoxy groups -OCH3 is 1. The number of carbonyl (C=O) groups is 2. The molecule has 0 aliphatic heterocycles. The molecule has 0 unspecified atom stereocenters. The number of carbonyl (C=O) groups excluding carboxylic acids is 2. The van der Waals surface area contributed by atoms with Crippen molar-refractivity contribution in [1.29, 1.82) is 0 Å². The molecule has 1 N–H and O–H groups in total. The molecule has 0 spiro atoms. The number of hydrogen-bond acceptors (Lipinski definition) is 4. The number of nitrogens with one attached hydrogen (secondary N) is 1. The Kier molecular flexibility index (Phi) is 5.23. The van der Waals surface area contributed by atoms with Crippen molar-refractivity contribution < 1.29 is 14.3 Å². The normalized spacial score (nSPS) is 14.0. The fourth-order valence-corrected chi connectivity index (χ4v) is 4.14. The largest absolute Gasteiger partial charge is 0.465 e. The molecule has 0 bridgehead atoms. The van der Waals surface area contributed by atoms with Gasteiger partial charge in [0, 0.05) is 16.4 Å². The van der Waals surface area contributed by atoms with Gasteiger partial charge in [0.05, 0.1) is 7.11 Å². The van der Waals surface area contributed by atoms with Crippen LogP contribution in [0.2, 0.25) is 0 Å². The number of thiophene rings is 1. The summed E-state index contributed by atoms with van der Waals surface area (Å²) in [6.07, 6.45) is 3.92. The number of aryl methyl sites for hydroxylation is 2. The molecule has 0 atom stereocenters. The summed E-state index contributed by atoms with van der Waals surface area (Å²) in [6.45, 7) is 4.08. The number of rotatable bonds is 5. The van der Waals surface area contributed by atoms with E-state index in [-0.39, 0.29) is 11.8 Å². The van der Waals surface area contributed by atoms with Crippen LogP contribution in [0, 0.1) is 12.8 Å². The third-order valence-electron chi connectivity index (χ3n) is 4.84.